The van der Waals surface area contributed by atoms with Crippen molar-refractivity contribution in [2.75, 3.05) is 6.54 Å². The molecule has 6 heteroatoms. The van der Waals surface area contributed by atoms with Gasteiger partial charge in [-0.2, -0.15) is 0 Å². The number of rotatable bonds is 2. The second-order valence-electron chi connectivity index (χ2n) is 6.19. The molecule has 0 bridgehead atoms. The van der Waals surface area contributed by atoms with Gasteiger partial charge in [0.1, 0.15) is 0 Å². The number of hydrogen-bond acceptors (Lipinski definition) is 3. The van der Waals surface area contributed by atoms with E-state index >= 15 is 0 Å². The van der Waals surface area contributed by atoms with Crippen LogP contribution in [-0.2, 0) is 19.5 Å². The molecule has 2 aromatic heterocycles. The Hall–Kier alpha value is -2.18. The first-order chi connectivity index (χ1) is 11.1. The zero-order valence-electron chi connectivity index (χ0n) is 12.9. The summed E-state index contributed by atoms with van der Waals surface area (Å²) in [6, 6.07) is 6.44. The largest absolute Gasteiger partial charge is 0.361 e. The van der Waals surface area contributed by atoms with E-state index in [2.05, 4.69) is 51.2 Å². The highest BCUT2D eigenvalue weighted by atomic mass is 32.1. The van der Waals surface area contributed by atoms with Gasteiger partial charge in [-0.15, -0.1) is 0 Å². The van der Waals surface area contributed by atoms with E-state index < -0.39 is 0 Å². The Balaban J connectivity index is 1.64. The van der Waals surface area contributed by atoms with E-state index in [4.69, 9.17) is 12.2 Å². The molecule has 0 amide bonds. The minimum Gasteiger partial charge on any atom is -0.361 e. The number of fused-ring (bicyclic) bond motifs is 2. The Kier molecular flexibility index (Phi) is 3.43. The smallest absolute Gasteiger partial charge is 0.256 e. The molecule has 0 atom stereocenters. The topological polar surface area (TPSA) is 67.7 Å². The van der Waals surface area contributed by atoms with Crippen LogP contribution in [0, 0.1) is 11.7 Å². The van der Waals surface area contributed by atoms with E-state index in [-0.39, 0.29) is 5.56 Å². The molecular weight excluding hydrogens is 308 g/mol. The van der Waals surface area contributed by atoms with Crippen LogP contribution in [0.15, 0.2) is 29.2 Å². The number of aryl methyl sites for hydroxylation is 1. The summed E-state index contributed by atoms with van der Waals surface area (Å²) in [7, 11) is 0. The number of benzene rings is 1. The molecule has 0 saturated heterocycles. The van der Waals surface area contributed by atoms with Gasteiger partial charge < -0.3 is 9.97 Å². The molecular formula is C17H18N4OS. The molecule has 3 aromatic rings. The van der Waals surface area contributed by atoms with Gasteiger partial charge in [0.25, 0.3) is 5.56 Å². The van der Waals surface area contributed by atoms with Crippen LogP contribution < -0.4 is 5.56 Å². The van der Waals surface area contributed by atoms with Crippen molar-refractivity contribution in [2.24, 2.45) is 0 Å². The average Bonchev–Trinajstić information content (AvgIpc) is 2.90. The number of hydrogen-bond donors (Lipinski definition) is 3. The molecule has 4 rings (SSSR count). The number of H-pyrrole nitrogens is 3. The van der Waals surface area contributed by atoms with Crippen molar-refractivity contribution in [3.63, 3.8) is 0 Å². The molecule has 3 N–H and O–H groups in total. The Bertz CT molecular complexity index is 998. The second kappa shape index (κ2) is 5.47. The van der Waals surface area contributed by atoms with Crippen LogP contribution in [-0.4, -0.2) is 26.4 Å². The van der Waals surface area contributed by atoms with Crippen molar-refractivity contribution in [3.05, 3.63) is 61.9 Å². The fraction of sp³-hybridized carbons (Fsp3) is 0.294. The van der Waals surface area contributed by atoms with Gasteiger partial charge in [0.15, 0.2) is 4.77 Å². The molecule has 5 nitrogen and oxygen atoms in total. The SMILES string of the molecule is Cc1ccc2[nH]cc(CN3CCc4[nH]c(=S)[nH]c(=O)c4C3)c2c1. The van der Waals surface area contributed by atoms with E-state index in [0.717, 1.165) is 36.3 Å². The predicted octanol–water partition coefficient (Wildman–Crippen LogP) is 2.78. The van der Waals surface area contributed by atoms with Gasteiger partial charge in [-0.25, -0.2) is 0 Å². The first-order valence-electron chi connectivity index (χ1n) is 7.73. The average molecular weight is 326 g/mol. The third-order valence-electron chi connectivity index (χ3n) is 4.51. The minimum absolute atomic E-state index is 0.0665. The van der Waals surface area contributed by atoms with Crippen molar-refractivity contribution in [1.29, 1.82) is 0 Å². The van der Waals surface area contributed by atoms with Crippen LogP contribution in [0.3, 0.4) is 0 Å². The lowest BCUT2D eigenvalue weighted by atomic mass is 10.1. The predicted molar refractivity (Wildman–Crippen MR) is 93.1 cm³/mol. The lowest BCUT2D eigenvalue weighted by Crippen LogP contribution is -2.35. The number of aromatic amines is 3. The summed E-state index contributed by atoms with van der Waals surface area (Å²) >= 11 is 5.04. The van der Waals surface area contributed by atoms with E-state index in [1.165, 1.54) is 16.5 Å². The molecule has 0 aliphatic carbocycles. The summed E-state index contributed by atoms with van der Waals surface area (Å²) in [5.74, 6) is 0. The Labute approximate surface area is 138 Å². The van der Waals surface area contributed by atoms with Crippen LogP contribution >= 0.6 is 12.2 Å². The second-order valence-corrected chi connectivity index (χ2v) is 6.60. The Morgan fingerprint density at radius 3 is 3.04 bits per heavy atom. The normalized spacial score (nSPS) is 15.0. The van der Waals surface area contributed by atoms with Crippen molar-refractivity contribution >= 4 is 23.1 Å². The number of aromatic nitrogens is 3. The van der Waals surface area contributed by atoms with Crippen LogP contribution in [0.4, 0.5) is 0 Å². The third kappa shape index (κ3) is 2.64. The molecule has 1 aromatic carbocycles. The zero-order chi connectivity index (χ0) is 16.0. The minimum atomic E-state index is -0.0665. The molecule has 118 valence electrons. The van der Waals surface area contributed by atoms with Gasteiger partial charge in [-0.3, -0.25) is 14.7 Å². The maximum atomic E-state index is 12.1. The highest BCUT2D eigenvalue weighted by Gasteiger charge is 2.20. The monoisotopic (exact) mass is 326 g/mol. The summed E-state index contributed by atoms with van der Waals surface area (Å²) in [5.41, 5.74) is 5.40. The Morgan fingerprint density at radius 1 is 1.30 bits per heavy atom. The summed E-state index contributed by atoms with van der Waals surface area (Å²) in [5, 5.41) is 1.26. The first-order valence-corrected chi connectivity index (χ1v) is 8.14. The molecule has 0 unspecified atom stereocenters. The maximum absolute atomic E-state index is 12.1. The fourth-order valence-corrected chi connectivity index (χ4v) is 3.53. The lowest BCUT2D eigenvalue weighted by Gasteiger charge is -2.27. The molecule has 0 fully saturated rings. The molecule has 1 aliphatic rings. The van der Waals surface area contributed by atoms with Crippen LogP contribution in [0.25, 0.3) is 10.9 Å². The zero-order valence-corrected chi connectivity index (χ0v) is 13.7. The first kappa shape index (κ1) is 14.4. The molecule has 3 heterocycles. The van der Waals surface area contributed by atoms with Crippen molar-refractivity contribution in [1.82, 2.24) is 19.9 Å². The van der Waals surface area contributed by atoms with E-state index in [0.29, 0.717) is 11.3 Å². The van der Waals surface area contributed by atoms with Crippen molar-refractivity contribution in [2.45, 2.75) is 26.4 Å². The highest BCUT2D eigenvalue weighted by Crippen LogP contribution is 2.23. The number of nitrogens with one attached hydrogen (secondary N) is 3. The number of nitrogens with zero attached hydrogens (tertiary/aromatic N) is 1. The standard InChI is InChI=1S/C17H18N4OS/c1-10-2-3-14-12(6-10)11(7-18-14)8-21-5-4-15-13(9-21)16(22)20-17(23)19-15/h2-3,6-7,18H,4-5,8-9H2,1H3,(H2,19,20,22,23). The van der Waals surface area contributed by atoms with Crippen LogP contribution in [0.1, 0.15) is 22.4 Å². The molecule has 0 radical (unpaired) electrons. The molecule has 1 aliphatic heterocycles. The van der Waals surface area contributed by atoms with Crippen molar-refractivity contribution < 1.29 is 0 Å². The quantitative estimate of drug-likeness (QED) is 0.634. The van der Waals surface area contributed by atoms with Gasteiger partial charge in [0.05, 0.1) is 5.56 Å². The van der Waals surface area contributed by atoms with Crippen molar-refractivity contribution in [3.8, 4) is 0 Å². The summed E-state index contributed by atoms with van der Waals surface area (Å²) in [6.45, 7) is 4.50. The third-order valence-corrected chi connectivity index (χ3v) is 4.71. The molecule has 23 heavy (non-hydrogen) atoms. The summed E-state index contributed by atoms with van der Waals surface area (Å²) in [6.07, 6.45) is 2.90. The lowest BCUT2D eigenvalue weighted by molar-refractivity contribution is 0.242. The van der Waals surface area contributed by atoms with E-state index in [1.807, 2.05) is 0 Å². The maximum Gasteiger partial charge on any atom is 0.256 e. The van der Waals surface area contributed by atoms with Gasteiger partial charge in [-0.1, -0.05) is 11.6 Å². The van der Waals surface area contributed by atoms with Crippen LogP contribution in [0.2, 0.25) is 0 Å². The fourth-order valence-electron chi connectivity index (χ4n) is 3.31. The molecule has 0 saturated carbocycles. The summed E-state index contributed by atoms with van der Waals surface area (Å²) < 4.78 is 0.411. The van der Waals surface area contributed by atoms with Gasteiger partial charge in [-0.05, 0) is 36.8 Å². The van der Waals surface area contributed by atoms with Gasteiger partial charge >= 0.3 is 0 Å². The summed E-state index contributed by atoms with van der Waals surface area (Å²) in [4.78, 5) is 23.5. The Morgan fingerprint density at radius 2 is 2.17 bits per heavy atom. The molecule has 0 spiro atoms. The van der Waals surface area contributed by atoms with Gasteiger partial charge in [0.2, 0.25) is 0 Å². The van der Waals surface area contributed by atoms with E-state index in [1.54, 1.807) is 0 Å². The van der Waals surface area contributed by atoms with E-state index in [9.17, 15) is 4.79 Å². The van der Waals surface area contributed by atoms with Gasteiger partial charge in [0, 0.05) is 48.8 Å². The highest BCUT2D eigenvalue weighted by molar-refractivity contribution is 7.71. The van der Waals surface area contributed by atoms with Crippen LogP contribution in [0.5, 0.6) is 0 Å².